The van der Waals surface area contributed by atoms with Gasteiger partial charge in [0.15, 0.2) is 0 Å². The first kappa shape index (κ1) is 35.7. The van der Waals surface area contributed by atoms with Crippen LogP contribution in [0.15, 0.2) is 109 Å². The molecule has 0 radical (unpaired) electrons. The number of carbonyl (C=O) groups is 2. The molecule has 0 spiro atoms. The fourth-order valence-corrected chi connectivity index (χ4v) is 6.29. The molecule has 47 heavy (non-hydrogen) atoms. The minimum absolute atomic E-state index is 0.123. The molecule has 0 aromatic heterocycles. The van der Waals surface area contributed by atoms with Gasteiger partial charge in [-0.1, -0.05) is 106 Å². The molecule has 1 saturated carbocycles. The SMILES string of the molecule is COc1ccc(CO[C@@H](/C=C/C(=O)O[C@@H]2C[C@H](C)CC[C@H]2C(C)(C)c2ccccc2)CCC/C=C/C(=O)OCc2ccccc2)cc1. The monoisotopic (exact) mass is 638 g/mol. The van der Waals surface area contributed by atoms with E-state index in [1.807, 2.05) is 72.8 Å². The van der Waals surface area contributed by atoms with Crippen molar-refractivity contribution in [2.45, 2.75) is 90.1 Å². The highest BCUT2D eigenvalue weighted by Crippen LogP contribution is 2.43. The molecule has 250 valence electrons. The Morgan fingerprint density at radius 2 is 1.53 bits per heavy atom. The molecule has 0 N–H and O–H groups in total. The van der Waals surface area contributed by atoms with Crippen LogP contribution in [0.4, 0.5) is 0 Å². The fourth-order valence-electron chi connectivity index (χ4n) is 6.29. The molecule has 6 heteroatoms. The first-order chi connectivity index (χ1) is 22.7. The maximum atomic E-state index is 13.3. The summed E-state index contributed by atoms with van der Waals surface area (Å²) in [7, 11) is 1.64. The lowest BCUT2D eigenvalue weighted by Gasteiger charge is -2.43. The van der Waals surface area contributed by atoms with Gasteiger partial charge < -0.3 is 18.9 Å². The van der Waals surface area contributed by atoms with E-state index in [0.29, 0.717) is 25.4 Å². The predicted molar refractivity (Wildman–Crippen MR) is 186 cm³/mol. The number of benzene rings is 3. The summed E-state index contributed by atoms with van der Waals surface area (Å²) in [4.78, 5) is 25.4. The Balaban J connectivity index is 1.34. The molecule has 1 fully saturated rings. The molecule has 6 nitrogen and oxygen atoms in total. The van der Waals surface area contributed by atoms with Gasteiger partial charge in [-0.25, -0.2) is 9.59 Å². The van der Waals surface area contributed by atoms with Crippen molar-refractivity contribution in [3.05, 3.63) is 126 Å². The molecule has 1 aliphatic rings. The Kier molecular flexibility index (Phi) is 13.9. The van der Waals surface area contributed by atoms with Crippen LogP contribution < -0.4 is 4.74 Å². The van der Waals surface area contributed by atoms with Crippen LogP contribution in [0.5, 0.6) is 5.75 Å². The van der Waals surface area contributed by atoms with Gasteiger partial charge in [-0.3, -0.25) is 0 Å². The molecular formula is C41H50O6. The Hall–Kier alpha value is -4.16. The summed E-state index contributed by atoms with van der Waals surface area (Å²) in [5, 5.41) is 0. The second-order valence-corrected chi connectivity index (χ2v) is 13.1. The van der Waals surface area contributed by atoms with Crippen LogP contribution in [0.3, 0.4) is 0 Å². The molecule has 0 heterocycles. The lowest BCUT2D eigenvalue weighted by molar-refractivity contribution is -0.150. The predicted octanol–water partition coefficient (Wildman–Crippen LogP) is 8.93. The van der Waals surface area contributed by atoms with E-state index >= 15 is 0 Å². The van der Waals surface area contributed by atoms with E-state index in [4.69, 9.17) is 18.9 Å². The van der Waals surface area contributed by atoms with E-state index in [9.17, 15) is 9.59 Å². The maximum Gasteiger partial charge on any atom is 0.330 e. The number of unbranched alkanes of at least 4 members (excludes halogenated alkanes) is 1. The molecule has 4 atom stereocenters. The molecule has 0 unspecified atom stereocenters. The second-order valence-electron chi connectivity index (χ2n) is 13.1. The largest absolute Gasteiger partial charge is 0.497 e. The van der Waals surface area contributed by atoms with Crippen LogP contribution in [0.1, 0.15) is 76.0 Å². The quantitative estimate of drug-likeness (QED) is 0.0886. The molecule has 4 rings (SSSR count). The molecule has 3 aromatic carbocycles. The summed E-state index contributed by atoms with van der Waals surface area (Å²) in [5.41, 5.74) is 3.10. The van der Waals surface area contributed by atoms with Gasteiger partial charge in [0.05, 0.1) is 19.8 Å². The van der Waals surface area contributed by atoms with Gasteiger partial charge in [0.1, 0.15) is 18.5 Å². The lowest BCUT2D eigenvalue weighted by Crippen LogP contribution is -2.43. The summed E-state index contributed by atoms with van der Waals surface area (Å²) >= 11 is 0. The normalized spacial score (nSPS) is 19.0. The highest BCUT2D eigenvalue weighted by molar-refractivity contribution is 5.82. The Bertz CT molecular complexity index is 1430. The van der Waals surface area contributed by atoms with Crippen molar-refractivity contribution in [1.82, 2.24) is 0 Å². The third-order valence-corrected chi connectivity index (χ3v) is 9.17. The lowest BCUT2D eigenvalue weighted by atomic mass is 9.64. The third kappa shape index (κ3) is 11.5. The fraction of sp³-hybridized carbons (Fsp3) is 0.415. The summed E-state index contributed by atoms with van der Waals surface area (Å²) in [6.45, 7) is 7.41. The zero-order valence-electron chi connectivity index (χ0n) is 28.3. The minimum atomic E-state index is -0.366. The summed E-state index contributed by atoms with van der Waals surface area (Å²) < 4.78 is 23.0. The molecule has 0 aliphatic heterocycles. The van der Waals surface area contributed by atoms with Gasteiger partial charge in [0, 0.05) is 18.1 Å². The zero-order chi connectivity index (χ0) is 33.5. The molecule has 1 aliphatic carbocycles. The van der Waals surface area contributed by atoms with Gasteiger partial charge in [-0.2, -0.15) is 0 Å². The van der Waals surface area contributed by atoms with Gasteiger partial charge in [0.2, 0.25) is 0 Å². The van der Waals surface area contributed by atoms with E-state index < -0.39 is 0 Å². The first-order valence-corrected chi connectivity index (χ1v) is 16.8. The number of methoxy groups -OCH3 is 1. The average Bonchev–Trinajstić information content (AvgIpc) is 3.09. The highest BCUT2D eigenvalue weighted by atomic mass is 16.5. The standard InChI is InChI=1S/C41H50O6/c1-31-20-26-37(41(2,3)34-16-10-6-11-17-34)38(28-31)47-40(43)27-25-36(45-29-33-21-23-35(44-4)24-22-33)18-12-7-13-19-39(42)46-30-32-14-8-5-9-15-32/h5-6,8-11,13-17,19,21-25,27,31,36-38H,7,12,18,20,26,28-30H2,1-4H3/b19-13+,27-25+/t31-,36-,37-,38-/m1/s1. The Morgan fingerprint density at radius 3 is 2.23 bits per heavy atom. The van der Waals surface area contributed by atoms with Crippen molar-refractivity contribution in [3.8, 4) is 5.75 Å². The van der Waals surface area contributed by atoms with Crippen LogP contribution >= 0.6 is 0 Å². The Labute approximate surface area is 280 Å². The molecule has 0 amide bonds. The number of hydrogen-bond donors (Lipinski definition) is 0. The van der Waals surface area contributed by atoms with E-state index in [1.54, 1.807) is 7.11 Å². The van der Waals surface area contributed by atoms with E-state index in [0.717, 1.165) is 42.6 Å². The molecular weight excluding hydrogens is 588 g/mol. The third-order valence-electron chi connectivity index (χ3n) is 9.17. The first-order valence-electron chi connectivity index (χ1n) is 16.8. The number of allylic oxidation sites excluding steroid dienone is 1. The van der Waals surface area contributed by atoms with E-state index in [-0.39, 0.29) is 42.1 Å². The van der Waals surface area contributed by atoms with Gasteiger partial charge in [-0.15, -0.1) is 0 Å². The average molecular weight is 639 g/mol. The van der Waals surface area contributed by atoms with Crippen molar-refractivity contribution < 1.29 is 28.5 Å². The number of esters is 2. The molecule has 0 saturated heterocycles. The number of hydrogen-bond acceptors (Lipinski definition) is 6. The molecule has 0 bridgehead atoms. The number of ether oxygens (including phenoxy) is 4. The van der Waals surface area contributed by atoms with E-state index in [1.165, 1.54) is 17.7 Å². The van der Waals surface area contributed by atoms with Crippen LogP contribution in [-0.4, -0.2) is 31.3 Å². The van der Waals surface area contributed by atoms with Crippen LogP contribution in [0, 0.1) is 11.8 Å². The minimum Gasteiger partial charge on any atom is -0.497 e. The summed E-state index contributed by atoms with van der Waals surface area (Å²) in [5.74, 6) is 0.815. The maximum absolute atomic E-state index is 13.3. The summed E-state index contributed by atoms with van der Waals surface area (Å²) in [6, 6.07) is 27.9. The summed E-state index contributed by atoms with van der Waals surface area (Å²) in [6.07, 6.45) is 11.3. The Morgan fingerprint density at radius 1 is 0.851 bits per heavy atom. The van der Waals surface area contributed by atoms with Crippen molar-refractivity contribution in [1.29, 1.82) is 0 Å². The highest BCUT2D eigenvalue weighted by Gasteiger charge is 2.41. The zero-order valence-corrected chi connectivity index (χ0v) is 28.3. The van der Waals surface area contributed by atoms with E-state index in [2.05, 4.69) is 45.0 Å². The smallest absolute Gasteiger partial charge is 0.330 e. The van der Waals surface area contributed by atoms with Crippen LogP contribution in [-0.2, 0) is 42.4 Å². The van der Waals surface area contributed by atoms with Gasteiger partial charge in [-0.05, 0) is 78.3 Å². The number of carbonyl (C=O) groups excluding carboxylic acids is 2. The molecule has 3 aromatic rings. The number of rotatable bonds is 16. The van der Waals surface area contributed by atoms with Crippen molar-refractivity contribution in [2.24, 2.45) is 11.8 Å². The van der Waals surface area contributed by atoms with Gasteiger partial charge >= 0.3 is 11.9 Å². The van der Waals surface area contributed by atoms with Crippen LogP contribution in [0.2, 0.25) is 0 Å². The second kappa shape index (κ2) is 18.2. The van der Waals surface area contributed by atoms with Crippen molar-refractivity contribution in [2.75, 3.05) is 7.11 Å². The van der Waals surface area contributed by atoms with Crippen molar-refractivity contribution in [3.63, 3.8) is 0 Å². The van der Waals surface area contributed by atoms with Crippen molar-refractivity contribution >= 4 is 11.9 Å². The topological polar surface area (TPSA) is 71.1 Å². The van der Waals surface area contributed by atoms with Gasteiger partial charge in [0.25, 0.3) is 0 Å². The van der Waals surface area contributed by atoms with Crippen LogP contribution in [0.25, 0.3) is 0 Å².